The first kappa shape index (κ1) is 16.8. The van der Waals surface area contributed by atoms with E-state index in [4.69, 9.17) is 4.74 Å². The van der Waals surface area contributed by atoms with Gasteiger partial charge in [-0.05, 0) is 37.3 Å². The molecule has 1 atom stereocenters. The summed E-state index contributed by atoms with van der Waals surface area (Å²) in [6.45, 7) is 6.61. The molecule has 0 aliphatic heterocycles. The van der Waals surface area contributed by atoms with Crippen LogP contribution in [0.3, 0.4) is 0 Å². The Morgan fingerprint density at radius 2 is 1.23 bits per heavy atom. The van der Waals surface area contributed by atoms with E-state index >= 15 is 0 Å². The van der Waals surface area contributed by atoms with Gasteiger partial charge >= 0.3 is 0 Å². The Labute approximate surface area is 135 Å². The summed E-state index contributed by atoms with van der Waals surface area (Å²) in [5.74, 6) is 0.395. The molecule has 0 radical (unpaired) electrons. The van der Waals surface area contributed by atoms with Crippen molar-refractivity contribution < 1.29 is 4.74 Å². The van der Waals surface area contributed by atoms with Crippen LogP contribution < -0.4 is 0 Å². The van der Waals surface area contributed by atoms with Crippen LogP contribution in [-0.4, -0.2) is 12.2 Å². The lowest BCUT2D eigenvalue weighted by atomic mass is 9.87. The van der Waals surface area contributed by atoms with Gasteiger partial charge in [-0.25, -0.2) is 0 Å². The smallest absolute Gasteiger partial charge is 0.0573 e. The molecular weight excluding hydrogens is 268 g/mol. The van der Waals surface area contributed by atoms with Gasteiger partial charge in [-0.2, -0.15) is 0 Å². The van der Waals surface area contributed by atoms with Gasteiger partial charge in [-0.1, -0.05) is 74.5 Å². The standard InChI is InChI=1S/C21H28O/c1-4-20(5-2)22-17(3)16-21(18-12-8-6-9-13-18)19-14-10-7-11-15-19/h6-15,17,20-21H,4-5,16H2,1-3H3. The fourth-order valence-corrected chi connectivity index (χ4v) is 3.03. The summed E-state index contributed by atoms with van der Waals surface area (Å²) >= 11 is 0. The lowest BCUT2D eigenvalue weighted by Gasteiger charge is -2.25. The normalized spacial score (nSPS) is 12.8. The van der Waals surface area contributed by atoms with E-state index in [0.717, 1.165) is 19.3 Å². The molecule has 0 aliphatic carbocycles. The van der Waals surface area contributed by atoms with E-state index in [1.807, 2.05) is 0 Å². The number of hydrogen-bond donors (Lipinski definition) is 0. The highest BCUT2D eigenvalue weighted by molar-refractivity contribution is 5.32. The molecule has 0 spiro atoms. The molecule has 0 N–H and O–H groups in total. The van der Waals surface area contributed by atoms with Crippen molar-refractivity contribution in [3.8, 4) is 0 Å². The van der Waals surface area contributed by atoms with Crippen LogP contribution in [0, 0.1) is 0 Å². The summed E-state index contributed by atoms with van der Waals surface area (Å²) in [7, 11) is 0. The average Bonchev–Trinajstić information content (AvgIpc) is 2.59. The van der Waals surface area contributed by atoms with Crippen molar-refractivity contribution in [3.05, 3.63) is 71.8 Å². The molecule has 22 heavy (non-hydrogen) atoms. The molecule has 0 fully saturated rings. The Morgan fingerprint density at radius 1 is 0.773 bits per heavy atom. The van der Waals surface area contributed by atoms with Gasteiger partial charge in [-0.15, -0.1) is 0 Å². The van der Waals surface area contributed by atoms with E-state index in [1.165, 1.54) is 11.1 Å². The van der Waals surface area contributed by atoms with Gasteiger partial charge in [0.05, 0.1) is 12.2 Å². The summed E-state index contributed by atoms with van der Waals surface area (Å²) in [6.07, 6.45) is 3.83. The minimum Gasteiger partial charge on any atom is -0.375 e. The molecule has 0 bridgehead atoms. The molecule has 118 valence electrons. The largest absolute Gasteiger partial charge is 0.375 e. The minimum atomic E-state index is 0.260. The van der Waals surface area contributed by atoms with E-state index in [-0.39, 0.29) is 6.10 Å². The SMILES string of the molecule is CCC(CC)OC(C)CC(c1ccccc1)c1ccccc1. The Bertz CT molecular complexity index is 477. The maximum absolute atomic E-state index is 6.22. The van der Waals surface area contributed by atoms with Gasteiger partial charge in [0.2, 0.25) is 0 Å². The predicted molar refractivity (Wildman–Crippen MR) is 94.3 cm³/mol. The van der Waals surface area contributed by atoms with Crippen LogP contribution in [-0.2, 0) is 4.74 Å². The second-order valence-corrected chi connectivity index (χ2v) is 5.99. The van der Waals surface area contributed by atoms with Gasteiger partial charge in [0, 0.05) is 5.92 Å². The van der Waals surface area contributed by atoms with E-state index in [1.54, 1.807) is 0 Å². The van der Waals surface area contributed by atoms with Crippen molar-refractivity contribution in [2.75, 3.05) is 0 Å². The van der Waals surface area contributed by atoms with Crippen LogP contribution in [0.15, 0.2) is 60.7 Å². The van der Waals surface area contributed by atoms with Crippen LogP contribution in [0.4, 0.5) is 0 Å². The molecule has 0 aromatic heterocycles. The number of ether oxygens (including phenoxy) is 1. The maximum atomic E-state index is 6.22. The highest BCUT2D eigenvalue weighted by atomic mass is 16.5. The average molecular weight is 296 g/mol. The summed E-state index contributed by atoms with van der Waals surface area (Å²) in [5, 5.41) is 0. The van der Waals surface area contributed by atoms with Crippen molar-refractivity contribution in [3.63, 3.8) is 0 Å². The Balaban J connectivity index is 2.15. The third kappa shape index (κ3) is 4.71. The van der Waals surface area contributed by atoms with Crippen LogP contribution in [0.2, 0.25) is 0 Å². The van der Waals surface area contributed by atoms with Gasteiger partial charge < -0.3 is 4.74 Å². The second kappa shape index (κ2) is 8.75. The Kier molecular flexibility index (Phi) is 6.67. The topological polar surface area (TPSA) is 9.23 Å². The van der Waals surface area contributed by atoms with E-state index in [9.17, 15) is 0 Å². The van der Waals surface area contributed by atoms with Crippen LogP contribution in [0.1, 0.15) is 57.1 Å². The van der Waals surface area contributed by atoms with Crippen LogP contribution >= 0.6 is 0 Å². The van der Waals surface area contributed by atoms with E-state index in [2.05, 4.69) is 81.4 Å². The molecule has 1 nitrogen and oxygen atoms in total. The number of benzene rings is 2. The number of rotatable bonds is 8. The molecule has 0 saturated carbocycles. The summed E-state index contributed by atoms with van der Waals surface area (Å²) in [6, 6.07) is 21.5. The summed E-state index contributed by atoms with van der Waals surface area (Å²) < 4.78 is 6.22. The molecule has 0 saturated heterocycles. The van der Waals surface area contributed by atoms with E-state index in [0.29, 0.717) is 12.0 Å². The highest BCUT2D eigenvalue weighted by Crippen LogP contribution is 2.30. The fraction of sp³-hybridized carbons (Fsp3) is 0.429. The quantitative estimate of drug-likeness (QED) is 0.598. The lowest BCUT2D eigenvalue weighted by molar-refractivity contribution is -0.0114. The van der Waals surface area contributed by atoms with Gasteiger partial charge in [0.25, 0.3) is 0 Å². The van der Waals surface area contributed by atoms with Gasteiger partial charge in [0.15, 0.2) is 0 Å². The zero-order chi connectivity index (χ0) is 15.8. The molecule has 0 amide bonds. The molecule has 0 aliphatic rings. The first-order valence-corrected chi connectivity index (χ1v) is 8.49. The van der Waals surface area contributed by atoms with E-state index < -0.39 is 0 Å². The fourth-order valence-electron chi connectivity index (χ4n) is 3.03. The molecule has 0 heterocycles. The Morgan fingerprint density at radius 3 is 1.64 bits per heavy atom. The molecular formula is C21H28O. The molecule has 2 aromatic carbocycles. The van der Waals surface area contributed by atoms with Crippen molar-refractivity contribution >= 4 is 0 Å². The van der Waals surface area contributed by atoms with Gasteiger partial charge in [-0.3, -0.25) is 0 Å². The van der Waals surface area contributed by atoms with Crippen molar-refractivity contribution in [1.82, 2.24) is 0 Å². The Hall–Kier alpha value is -1.60. The van der Waals surface area contributed by atoms with Crippen LogP contribution in [0.5, 0.6) is 0 Å². The first-order chi connectivity index (χ1) is 10.7. The molecule has 2 aromatic rings. The summed E-state index contributed by atoms with van der Waals surface area (Å²) in [4.78, 5) is 0. The summed E-state index contributed by atoms with van der Waals surface area (Å²) in [5.41, 5.74) is 2.74. The lowest BCUT2D eigenvalue weighted by Crippen LogP contribution is -2.21. The molecule has 2 rings (SSSR count). The zero-order valence-electron chi connectivity index (χ0n) is 14.0. The van der Waals surface area contributed by atoms with Crippen LogP contribution in [0.25, 0.3) is 0 Å². The molecule has 1 heteroatoms. The number of hydrogen-bond acceptors (Lipinski definition) is 1. The van der Waals surface area contributed by atoms with Crippen molar-refractivity contribution in [2.24, 2.45) is 0 Å². The molecule has 1 unspecified atom stereocenters. The second-order valence-electron chi connectivity index (χ2n) is 5.99. The maximum Gasteiger partial charge on any atom is 0.0573 e. The van der Waals surface area contributed by atoms with Gasteiger partial charge in [0.1, 0.15) is 0 Å². The van der Waals surface area contributed by atoms with Crippen molar-refractivity contribution in [1.29, 1.82) is 0 Å². The highest BCUT2D eigenvalue weighted by Gasteiger charge is 2.19. The first-order valence-electron chi connectivity index (χ1n) is 8.49. The zero-order valence-corrected chi connectivity index (χ0v) is 14.0. The third-order valence-corrected chi connectivity index (χ3v) is 4.31. The van der Waals surface area contributed by atoms with Crippen molar-refractivity contribution in [2.45, 2.75) is 58.2 Å². The third-order valence-electron chi connectivity index (χ3n) is 4.31. The predicted octanol–water partition coefficient (Wildman–Crippen LogP) is 5.80. The minimum absolute atomic E-state index is 0.260. The monoisotopic (exact) mass is 296 g/mol.